The van der Waals surface area contributed by atoms with Crippen molar-refractivity contribution in [1.82, 2.24) is 24.8 Å². The normalized spacial score (nSPS) is 15.5. The van der Waals surface area contributed by atoms with Crippen LogP contribution in [0.1, 0.15) is 30.6 Å². The Morgan fingerprint density at radius 2 is 1.75 bits per heavy atom. The predicted octanol–water partition coefficient (Wildman–Crippen LogP) is 2.99. The number of benzene rings is 1. The third kappa shape index (κ3) is 4.07. The summed E-state index contributed by atoms with van der Waals surface area (Å²) in [4.78, 5) is 25.4. The van der Waals surface area contributed by atoms with Gasteiger partial charge in [-0.25, -0.2) is 4.98 Å². The van der Waals surface area contributed by atoms with Gasteiger partial charge in [0, 0.05) is 46.2 Å². The largest absolute Gasteiger partial charge is 0.347 e. The summed E-state index contributed by atoms with van der Waals surface area (Å²) in [5.41, 5.74) is 1.10. The van der Waals surface area contributed by atoms with E-state index in [9.17, 15) is 0 Å². The third-order valence-corrected chi connectivity index (χ3v) is 5.92. The molecule has 4 rings (SSSR count). The maximum absolute atomic E-state index is 4.77. The summed E-state index contributed by atoms with van der Waals surface area (Å²) in [6.45, 7) is 8.94. The Hall–Kier alpha value is -2.32. The van der Waals surface area contributed by atoms with Gasteiger partial charge in [0.2, 0.25) is 11.9 Å². The molecule has 0 radical (unpaired) electrons. The Kier molecular flexibility index (Phi) is 5.41. The molecule has 3 heterocycles. The third-order valence-electron chi connectivity index (χ3n) is 4.90. The highest BCUT2D eigenvalue weighted by atomic mass is 32.1. The summed E-state index contributed by atoms with van der Waals surface area (Å²) in [7, 11) is 3.94. The molecule has 0 N–H and O–H groups in total. The van der Waals surface area contributed by atoms with Gasteiger partial charge in [-0.15, -0.1) is 11.3 Å². The van der Waals surface area contributed by atoms with Gasteiger partial charge in [-0.2, -0.15) is 15.0 Å². The number of rotatable bonds is 5. The molecule has 3 aromatic rings. The van der Waals surface area contributed by atoms with Gasteiger partial charge in [-0.05, 0) is 12.1 Å². The second-order valence-electron chi connectivity index (χ2n) is 7.68. The van der Waals surface area contributed by atoms with Gasteiger partial charge in [0.15, 0.2) is 0 Å². The summed E-state index contributed by atoms with van der Waals surface area (Å²) in [5.74, 6) is 2.65. The summed E-state index contributed by atoms with van der Waals surface area (Å²) >= 11 is 1.79. The molecule has 0 unspecified atom stereocenters. The molecule has 1 aromatic carbocycles. The lowest BCUT2D eigenvalue weighted by molar-refractivity contribution is 0.248. The first kappa shape index (κ1) is 19.0. The molecule has 0 saturated carbocycles. The number of para-hydroxylation sites is 1. The molecule has 28 heavy (non-hydrogen) atoms. The second kappa shape index (κ2) is 7.97. The molecule has 0 bridgehead atoms. The fourth-order valence-electron chi connectivity index (χ4n) is 3.25. The lowest BCUT2D eigenvalue weighted by Gasteiger charge is -2.34. The zero-order chi connectivity index (χ0) is 19.7. The average Bonchev–Trinajstić information content (AvgIpc) is 3.10. The van der Waals surface area contributed by atoms with Gasteiger partial charge >= 0.3 is 0 Å². The molecule has 0 amide bonds. The Bertz CT molecular complexity index is 885. The van der Waals surface area contributed by atoms with Crippen molar-refractivity contribution in [2.45, 2.75) is 26.3 Å². The van der Waals surface area contributed by atoms with E-state index in [1.165, 1.54) is 9.71 Å². The molecule has 1 aliphatic rings. The van der Waals surface area contributed by atoms with E-state index in [2.05, 4.69) is 51.8 Å². The highest BCUT2D eigenvalue weighted by Crippen LogP contribution is 2.24. The first-order chi connectivity index (χ1) is 13.5. The van der Waals surface area contributed by atoms with E-state index in [1.807, 2.05) is 25.1 Å². The number of anilines is 2. The maximum atomic E-state index is 4.77. The van der Waals surface area contributed by atoms with E-state index in [4.69, 9.17) is 9.97 Å². The topological polar surface area (TPSA) is 61.3 Å². The Balaban J connectivity index is 1.43. The fraction of sp³-hybridized carbons (Fsp3) is 0.500. The first-order valence-electron chi connectivity index (χ1n) is 9.74. The van der Waals surface area contributed by atoms with Crippen molar-refractivity contribution >= 4 is 33.5 Å². The SMILES string of the molecule is CC(C)c1nc(N(C)C)nc(N2CCN(Cc3nc4ccccc4s3)CC2)n1. The van der Waals surface area contributed by atoms with Crippen LogP contribution in [0.25, 0.3) is 10.2 Å². The van der Waals surface area contributed by atoms with Crippen molar-refractivity contribution in [2.24, 2.45) is 0 Å². The molecular weight excluding hydrogens is 370 g/mol. The number of thiazole rings is 1. The minimum absolute atomic E-state index is 0.278. The Labute approximate surface area is 170 Å². The fourth-order valence-corrected chi connectivity index (χ4v) is 4.26. The molecular formula is C20H27N7S. The standard InChI is InChI=1S/C20H27N7S/c1-14(2)18-22-19(25(3)4)24-20(23-18)27-11-9-26(10-12-27)13-17-21-15-7-5-6-8-16(15)28-17/h5-8,14H,9-13H2,1-4H3. The lowest BCUT2D eigenvalue weighted by atomic mass is 10.2. The van der Waals surface area contributed by atoms with Crippen molar-refractivity contribution in [2.75, 3.05) is 50.1 Å². The highest BCUT2D eigenvalue weighted by molar-refractivity contribution is 7.18. The van der Waals surface area contributed by atoms with Crippen LogP contribution in [0.5, 0.6) is 0 Å². The number of nitrogens with zero attached hydrogens (tertiary/aromatic N) is 7. The van der Waals surface area contributed by atoms with E-state index >= 15 is 0 Å². The summed E-state index contributed by atoms with van der Waals surface area (Å²) in [5, 5.41) is 1.19. The summed E-state index contributed by atoms with van der Waals surface area (Å²) in [6.07, 6.45) is 0. The van der Waals surface area contributed by atoms with Gasteiger partial charge in [0.05, 0.1) is 16.8 Å². The quantitative estimate of drug-likeness (QED) is 0.656. The van der Waals surface area contributed by atoms with Gasteiger partial charge in [-0.3, -0.25) is 4.90 Å². The molecule has 0 atom stereocenters. The minimum Gasteiger partial charge on any atom is -0.347 e. The number of hydrogen-bond acceptors (Lipinski definition) is 8. The number of piperazine rings is 1. The van der Waals surface area contributed by atoms with E-state index in [0.717, 1.165) is 56.0 Å². The molecule has 148 valence electrons. The van der Waals surface area contributed by atoms with Crippen LogP contribution >= 0.6 is 11.3 Å². The molecule has 8 heteroatoms. The van der Waals surface area contributed by atoms with E-state index in [-0.39, 0.29) is 5.92 Å². The number of aromatic nitrogens is 4. The monoisotopic (exact) mass is 397 g/mol. The van der Waals surface area contributed by atoms with E-state index in [0.29, 0.717) is 0 Å². The molecule has 0 spiro atoms. The molecule has 1 saturated heterocycles. The van der Waals surface area contributed by atoms with Crippen LogP contribution in [0.3, 0.4) is 0 Å². The van der Waals surface area contributed by atoms with Crippen molar-refractivity contribution < 1.29 is 0 Å². The maximum Gasteiger partial charge on any atom is 0.230 e. The number of hydrogen-bond donors (Lipinski definition) is 0. The van der Waals surface area contributed by atoms with Gasteiger partial charge in [-0.1, -0.05) is 26.0 Å². The molecule has 7 nitrogen and oxygen atoms in total. The van der Waals surface area contributed by atoms with Crippen molar-refractivity contribution in [3.8, 4) is 0 Å². The predicted molar refractivity (Wildman–Crippen MR) is 115 cm³/mol. The summed E-state index contributed by atoms with van der Waals surface area (Å²) < 4.78 is 1.26. The first-order valence-corrected chi connectivity index (χ1v) is 10.6. The summed E-state index contributed by atoms with van der Waals surface area (Å²) in [6, 6.07) is 8.35. The molecule has 2 aromatic heterocycles. The second-order valence-corrected chi connectivity index (χ2v) is 8.80. The zero-order valence-electron chi connectivity index (χ0n) is 17.0. The Morgan fingerprint density at radius 3 is 2.43 bits per heavy atom. The van der Waals surface area contributed by atoms with Crippen LogP contribution < -0.4 is 9.80 Å². The van der Waals surface area contributed by atoms with Crippen LogP contribution in [0.2, 0.25) is 0 Å². The van der Waals surface area contributed by atoms with Crippen molar-refractivity contribution in [3.05, 3.63) is 35.1 Å². The van der Waals surface area contributed by atoms with Crippen LogP contribution in [0, 0.1) is 0 Å². The van der Waals surface area contributed by atoms with Gasteiger partial charge < -0.3 is 9.80 Å². The van der Waals surface area contributed by atoms with Gasteiger partial charge in [0.1, 0.15) is 10.8 Å². The van der Waals surface area contributed by atoms with E-state index in [1.54, 1.807) is 11.3 Å². The van der Waals surface area contributed by atoms with E-state index < -0.39 is 0 Å². The smallest absolute Gasteiger partial charge is 0.230 e. The average molecular weight is 398 g/mol. The van der Waals surface area contributed by atoms with Crippen LogP contribution in [-0.2, 0) is 6.54 Å². The lowest BCUT2D eigenvalue weighted by Crippen LogP contribution is -2.46. The van der Waals surface area contributed by atoms with Crippen molar-refractivity contribution in [3.63, 3.8) is 0 Å². The molecule has 0 aliphatic carbocycles. The molecule has 1 aliphatic heterocycles. The molecule has 1 fully saturated rings. The zero-order valence-corrected chi connectivity index (χ0v) is 17.8. The van der Waals surface area contributed by atoms with Crippen molar-refractivity contribution in [1.29, 1.82) is 0 Å². The van der Waals surface area contributed by atoms with Crippen LogP contribution in [-0.4, -0.2) is 65.1 Å². The van der Waals surface area contributed by atoms with Crippen LogP contribution in [0.4, 0.5) is 11.9 Å². The van der Waals surface area contributed by atoms with Crippen LogP contribution in [0.15, 0.2) is 24.3 Å². The number of fused-ring (bicyclic) bond motifs is 1. The Morgan fingerprint density at radius 1 is 1.00 bits per heavy atom. The van der Waals surface area contributed by atoms with Gasteiger partial charge in [0.25, 0.3) is 0 Å². The highest BCUT2D eigenvalue weighted by Gasteiger charge is 2.22. The minimum atomic E-state index is 0.278.